The first kappa shape index (κ1) is 21.4. The lowest BCUT2D eigenvalue weighted by atomic mass is 9.79. The van der Waals surface area contributed by atoms with Gasteiger partial charge in [-0.15, -0.1) is 0 Å². The molecule has 0 saturated carbocycles. The molecule has 0 aliphatic rings. The number of amides is 1. The van der Waals surface area contributed by atoms with Crippen molar-refractivity contribution >= 4 is 5.91 Å². The summed E-state index contributed by atoms with van der Waals surface area (Å²) in [5, 5.41) is 0. The molecule has 0 aliphatic carbocycles. The van der Waals surface area contributed by atoms with Crippen molar-refractivity contribution in [3.63, 3.8) is 0 Å². The minimum absolute atomic E-state index is 0.0228. The smallest absolute Gasteiger partial charge is 0.225 e. The van der Waals surface area contributed by atoms with E-state index in [0.717, 1.165) is 13.0 Å². The van der Waals surface area contributed by atoms with Gasteiger partial charge in [-0.05, 0) is 44.9 Å². The third kappa shape index (κ3) is 8.77. The molecule has 3 heteroatoms. The molecule has 1 unspecified atom stereocenters. The van der Waals surface area contributed by atoms with E-state index in [-0.39, 0.29) is 28.4 Å². The van der Waals surface area contributed by atoms with E-state index < -0.39 is 0 Å². The maximum absolute atomic E-state index is 12.9. The lowest BCUT2D eigenvalue weighted by Gasteiger charge is -2.45. The highest BCUT2D eigenvalue weighted by Gasteiger charge is 2.36. The van der Waals surface area contributed by atoms with Crippen LogP contribution in [0.25, 0.3) is 0 Å². The Bertz CT molecular complexity index is 347. The van der Waals surface area contributed by atoms with E-state index in [9.17, 15) is 4.79 Å². The number of carbonyl (C=O) groups is 1. The summed E-state index contributed by atoms with van der Waals surface area (Å²) in [7, 11) is 0. The molecule has 0 saturated heterocycles. The Labute approximate surface area is 138 Å². The normalized spacial score (nSPS) is 14.8. The summed E-state index contributed by atoms with van der Waals surface area (Å²) < 4.78 is 5.56. The van der Waals surface area contributed by atoms with E-state index >= 15 is 0 Å². The fourth-order valence-electron chi connectivity index (χ4n) is 3.21. The van der Waals surface area contributed by atoms with Crippen LogP contribution in [0.2, 0.25) is 0 Å². The summed E-state index contributed by atoms with van der Waals surface area (Å²) in [5.74, 6) is 0.199. The molecule has 0 aromatic carbocycles. The van der Waals surface area contributed by atoms with Crippen molar-refractivity contribution in [1.82, 2.24) is 4.90 Å². The van der Waals surface area contributed by atoms with Crippen LogP contribution in [0.4, 0.5) is 0 Å². The third-order valence-corrected chi connectivity index (χ3v) is 3.54. The van der Waals surface area contributed by atoms with Gasteiger partial charge in [-0.1, -0.05) is 41.5 Å². The monoisotopic (exact) mass is 313 g/mol. The fourth-order valence-corrected chi connectivity index (χ4v) is 3.21. The van der Waals surface area contributed by atoms with Gasteiger partial charge in [0.1, 0.15) is 0 Å². The summed E-state index contributed by atoms with van der Waals surface area (Å²) in [6.07, 6.45) is 1.41. The van der Waals surface area contributed by atoms with Crippen molar-refractivity contribution in [2.45, 2.75) is 93.7 Å². The van der Waals surface area contributed by atoms with Crippen LogP contribution < -0.4 is 0 Å². The Morgan fingerprint density at radius 1 is 1.00 bits per heavy atom. The summed E-state index contributed by atoms with van der Waals surface area (Å²) in [4.78, 5) is 15.0. The standard InChI is InChI=1S/C19H39NO2/c1-11-22-15(2)12-16(21)20(14-18(6,7)8)19(9,10)13-17(3,4)5/h15H,11-14H2,1-10H3. The largest absolute Gasteiger partial charge is 0.378 e. The van der Waals surface area contributed by atoms with E-state index in [4.69, 9.17) is 4.74 Å². The van der Waals surface area contributed by atoms with Gasteiger partial charge in [-0.2, -0.15) is 0 Å². The fraction of sp³-hybridized carbons (Fsp3) is 0.947. The van der Waals surface area contributed by atoms with Crippen molar-refractivity contribution in [2.24, 2.45) is 10.8 Å². The minimum atomic E-state index is -0.158. The Hall–Kier alpha value is -0.570. The molecule has 0 heterocycles. The number of rotatable bonds is 7. The van der Waals surface area contributed by atoms with Crippen molar-refractivity contribution < 1.29 is 9.53 Å². The third-order valence-electron chi connectivity index (χ3n) is 3.54. The highest BCUT2D eigenvalue weighted by molar-refractivity contribution is 5.77. The van der Waals surface area contributed by atoms with Crippen molar-refractivity contribution in [1.29, 1.82) is 0 Å². The van der Waals surface area contributed by atoms with Crippen molar-refractivity contribution in [2.75, 3.05) is 13.2 Å². The van der Waals surface area contributed by atoms with Crippen molar-refractivity contribution in [3.8, 4) is 0 Å². The molecule has 0 rings (SSSR count). The van der Waals surface area contributed by atoms with Crippen LogP contribution in [0, 0.1) is 10.8 Å². The maximum Gasteiger partial charge on any atom is 0.225 e. The number of hydrogen-bond donors (Lipinski definition) is 0. The van der Waals surface area contributed by atoms with Crippen LogP contribution in [0.1, 0.15) is 82.1 Å². The summed E-state index contributed by atoms with van der Waals surface area (Å²) >= 11 is 0. The average molecular weight is 314 g/mol. The molecule has 0 aliphatic heterocycles. The molecule has 0 bridgehead atoms. The molecular weight excluding hydrogens is 274 g/mol. The SMILES string of the molecule is CCOC(C)CC(=O)N(CC(C)(C)C)C(C)(C)CC(C)(C)C. The van der Waals surface area contributed by atoms with Crippen molar-refractivity contribution in [3.05, 3.63) is 0 Å². The summed E-state index contributed by atoms with van der Waals surface area (Å²) in [6, 6.07) is 0. The van der Waals surface area contributed by atoms with Crippen LogP contribution in [-0.4, -0.2) is 35.6 Å². The second kappa shape index (κ2) is 7.81. The zero-order valence-electron chi connectivity index (χ0n) is 16.7. The number of hydrogen-bond acceptors (Lipinski definition) is 2. The number of nitrogens with zero attached hydrogens (tertiary/aromatic N) is 1. The van der Waals surface area contributed by atoms with Gasteiger partial charge in [0.2, 0.25) is 5.91 Å². The van der Waals surface area contributed by atoms with Gasteiger partial charge in [-0.25, -0.2) is 0 Å². The lowest BCUT2D eigenvalue weighted by molar-refractivity contribution is -0.142. The predicted molar refractivity (Wildman–Crippen MR) is 95.0 cm³/mol. The zero-order valence-corrected chi connectivity index (χ0v) is 16.7. The van der Waals surface area contributed by atoms with E-state index in [1.165, 1.54) is 0 Å². The summed E-state index contributed by atoms with van der Waals surface area (Å²) in [6.45, 7) is 23.0. The highest BCUT2D eigenvalue weighted by atomic mass is 16.5. The molecule has 3 nitrogen and oxygen atoms in total. The van der Waals surface area contributed by atoms with Gasteiger partial charge >= 0.3 is 0 Å². The first-order valence-corrected chi connectivity index (χ1v) is 8.60. The molecular formula is C19H39NO2. The van der Waals surface area contributed by atoms with E-state index in [1.807, 2.05) is 13.8 Å². The predicted octanol–water partition coefficient (Wildman–Crippen LogP) is 4.89. The van der Waals surface area contributed by atoms with Gasteiger partial charge in [0.25, 0.3) is 0 Å². The van der Waals surface area contributed by atoms with E-state index in [1.54, 1.807) is 0 Å². The second-order valence-electron chi connectivity index (χ2n) is 9.56. The van der Waals surface area contributed by atoms with Crippen LogP contribution in [0.3, 0.4) is 0 Å². The zero-order chi connectivity index (χ0) is 17.8. The first-order chi connectivity index (χ1) is 9.68. The van der Waals surface area contributed by atoms with Gasteiger partial charge in [0.05, 0.1) is 12.5 Å². The molecule has 0 aromatic rings. The first-order valence-electron chi connectivity index (χ1n) is 8.60. The Balaban J connectivity index is 5.23. The molecule has 1 amide bonds. The van der Waals surface area contributed by atoms with Gasteiger partial charge < -0.3 is 9.64 Å². The molecule has 0 spiro atoms. The van der Waals surface area contributed by atoms with E-state index in [2.05, 4.69) is 60.3 Å². The quantitative estimate of drug-likeness (QED) is 0.669. The van der Waals surface area contributed by atoms with Gasteiger partial charge in [0.15, 0.2) is 0 Å². The Kier molecular flexibility index (Phi) is 7.61. The van der Waals surface area contributed by atoms with Gasteiger partial charge in [0, 0.05) is 18.7 Å². The summed E-state index contributed by atoms with van der Waals surface area (Å²) in [5.41, 5.74) is 0.111. The number of ether oxygens (including phenoxy) is 1. The van der Waals surface area contributed by atoms with E-state index in [0.29, 0.717) is 13.0 Å². The van der Waals surface area contributed by atoms with Crippen LogP contribution in [-0.2, 0) is 9.53 Å². The lowest BCUT2D eigenvalue weighted by Crippen LogP contribution is -2.53. The second-order valence-corrected chi connectivity index (χ2v) is 9.56. The molecule has 0 radical (unpaired) electrons. The molecule has 0 fully saturated rings. The molecule has 22 heavy (non-hydrogen) atoms. The highest BCUT2D eigenvalue weighted by Crippen LogP contribution is 2.33. The Morgan fingerprint density at radius 2 is 1.50 bits per heavy atom. The van der Waals surface area contributed by atoms with Gasteiger partial charge in [-0.3, -0.25) is 4.79 Å². The molecule has 132 valence electrons. The topological polar surface area (TPSA) is 29.5 Å². The molecule has 1 atom stereocenters. The Morgan fingerprint density at radius 3 is 1.86 bits per heavy atom. The maximum atomic E-state index is 12.9. The minimum Gasteiger partial charge on any atom is -0.378 e. The molecule has 0 N–H and O–H groups in total. The van der Waals surface area contributed by atoms with Crippen LogP contribution >= 0.6 is 0 Å². The van der Waals surface area contributed by atoms with Crippen LogP contribution in [0.15, 0.2) is 0 Å². The average Bonchev–Trinajstić information content (AvgIpc) is 2.21. The molecule has 0 aromatic heterocycles. The van der Waals surface area contributed by atoms with Crippen LogP contribution in [0.5, 0.6) is 0 Å². The number of carbonyl (C=O) groups excluding carboxylic acids is 1.